The summed E-state index contributed by atoms with van der Waals surface area (Å²) in [5.41, 5.74) is 0. The van der Waals surface area contributed by atoms with E-state index in [4.69, 9.17) is 4.74 Å². The Hall–Kier alpha value is -1.51. The van der Waals surface area contributed by atoms with Crippen molar-refractivity contribution in [1.82, 2.24) is 0 Å². The molecule has 0 saturated carbocycles. The Bertz CT molecular complexity index is 509. The van der Waals surface area contributed by atoms with Crippen molar-refractivity contribution in [3.8, 4) is 11.5 Å². The topological polar surface area (TPSA) is 46.5 Å². The number of phenolic OH excluding ortho intramolecular Hbond substituents is 1. The maximum atomic E-state index is 11.8. The Kier molecular flexibility index (Phi) is 17.2. The predicted octanol–water partition coefficient (Wildman–Crippen LogP) is 8.73. The van der Waals surface area contributed by atoms with E-state index in [0.29, 0.717) is 12.2 Å². The molecule has 0 aliphatic rings. The highest BCUT2D eigenvalue weighted by atomic mass is 16.5. The van der Waals surface area contributed by atoms with Gasteiger partial charge in [0.1, 0.15) is 11.5 Å². The molecule has 0 aliphatic carbocycles. The van der Waals surface area contributed by atoms with Crippen LogP contribution in [0.25, 0.3) is 0 Å². The largest absolute Gasteiger partial charge is 0.508 e. The fourth-order valence-electron chi connectivity index (χ4n) is 3.87. The first kappa shape index (κ1) is 26.5. The van der Waals surface area contributed by atoms with Crippen molar-refractivity contribution in [1.29, 1.82) is 0 Å². The summed E-state index contributed by atoms with van der Waals surface area (Å²) in [6, 6.07) is 6.28. The van der Waals surface area contributed by atoms with E-state index in [2.05, 4.69) is 6.92 Å². The Labute approximate surface area is 185 Å². The lowest BCUT2D eigenvalue weighted by Gasteiger charge is -2.05. The lowest BCUT2D eigenvalue weighted by Crippen LogP contribution is -2.07. The van der Waals surface area contributed by atoms with Gasteiger partial charge in [0, 0.05) is 6.42 Å². The van der Waals surface area contributed by atoms with Crippen LogP contribution < -0.4 is 4.74 Å². The van der Waals surface area contributed by atoms with E-state index in [1.54, 1.807) is 12.1 Å². The van der Waals surface area contributed by atoms with E-state index in [0.717, 1.165) is 12.8 Å². The molecule has 1 N–H and O–H groups in total. The second kappa shape index (κ2) is 19.5. The zero-order chi connectivity index (χ0) is 21.7. The van der Waals surface area contributed by atoms with Crippen LogP contribution in [0.3, 0.4) is 0 Å². The van der Waals surface area contributed by atoms with Crippen LogP contribution in [0.1, 0.15) is 129 Å². The molecule has 0 radical (unpaired) electrons. The van der Waals surface area contributed by atoms with Gasteiger partial charge in [-0.2, -0.15) is 0 Å². The number of rotatable bonds is 20. The number of esters is 1. The predicted molar refractivity (Wildman–Crippen MR) is 127 cm³/mol. The summed E-state index contributed by atoms with van der Waals surface area (Å²) in [5, 5.41) is 9.22. The van der Waals surface area contributed by atoms with Gasteiger partial charge in [-0.25, -0.2) is 0 Å². The molecule has 1 rings (SSSR count). The molecule has 0 saturated heterocycles. The second-order valence-electron chi connectivity index (χ2n) is 8.73. The van der Waals surface area contributed by atoms with Crippen molar-refractivity contribution in [3.05, 3.63) is 24.3 Å². The SMILES string of the molecule is CCCCCCCCCCCCCCCCCCCCC(=O)Oc1ccc(O)cc1. The maximum absolute atomic E-state index is 11.8. The molecule has 0 heterocycles. The molecular formula is C27H46O3. The third-order valence-electron chi connectivity index (χ3n) is 5.80. The van der Waals surface area contributed by atoms with Crippen LogP contribution in [0.2, 0.25) is 0 Å². The lowest BCUT2D eigenvalue weighted by molar-refractivity contribution is -0.134. The quantitative estimate of drug-likeness (QED) is 0.131. The minimum absolute atomic E-state index is 0.179. The highest BCUT2D eigenvalue weighted by Gasteiger charge is 2.04. The molecule has 30 heavy (non-hydrogen) atoms. The molecular weight excluding hydrogens is 372 g/mol. The van der Waals surface area contributed by atoms with Gasteiger partial charge in [-0.3, -0.25) is 4.79 Å². The first-order chi connectivity index (χ1) is 14.7. The van der Waals surface area contributed by atoms with Crippen molar-refractivity contribution >= 4 is 5.97 Å². The molecule has 3 nitrogen and oxygen atoms in total. The van der Waals surface area contributed by atoms with Crippen molar-refractivity contribution in [2.45, 2.75) is 129 Å². The molecule has 0 bridgehead atoms. The molecule has 1 aromatic carbocycles. The molecule has 0 aromatic heterocycles. The van der Waals surface area contributed by atoms with Gasteiger partial charge in [0.25, 0.3) is 0 Å². The summed E-state index contributed by atoms with van der Waals surface area (Å²) in [5.74, 6) is 0.496. The van der Waals surface area contributed by atoms with Gasteiger partial charge >= 0.3 is 5.97 Å². The summed E-state index contributed by atoms with van der Waals surface area (Å²) in [6.07, 6.45) is 24.7. The van der Waals surface area contributed by atoms with Crippen LogP contribution in [-0.2, 0) is 4.79 Å². The van der Waals surface area contributed by atoms with Crippen molar-refractivity contribution in [3.63, 3.8) is 0 Å². The summed E-state index contributed by atoms with van der Waals surface area (Å²) < 4.78 is 5.25. The highest BCUT2D eigenvalue weighted by molar-refractivity contribution is 5.72. The summed E-state index contributed by atoms with van der Waals surface area (Å²) in [6.45, 7) is 2.28. The molecule has 172 valence electrons. The molecule has 0 unspecified atom stereocenters. The first-order valence-corrected chi connectivity index (χ1v) is 12.7. The fourth-order valence-corrected chi connectivity index (χ4v) is 3.87. The smallest absolute Gasteiger partial charge is 0.311 e. The van der Waals surface area contributed by atoms with Crippen molar-refractivity contribution < 1.29 is 14.6 Å². The van der Waals surface area contributed by atoms with Crippen LogP contribution in [0.4, 0.5) is 0 Å². The minimum Gasteiger partial charge on any atom is -0.508 e. The van der Waals surface area contributed by atoms with Crippen LogP contribution in [-0.4, -0.2) is 11.1 Å². The summed E-state index contributed by atoms with van der Waals surface area (Å²) >= 11 is 0. The van der Waals surface area contributed by atoms with Crippen molar-refractivity contribution in [2.24, 2.45) is 0 Å². The standard InChI is InChI=1S/C27H46O3/c1-2-3-4-5-6-7-8-9-10-11-12-13-14-15-16-17-18-19-20-27(29)30-26-23-21-25(28)22-24-26/h21-24,28H,2-20H2,1H3. The number of ether oxygens (including phenoxy) is 1. The van der Waals surface area contributed by atoms with E-state index < -0.39 is 0 Å². The molecule has 1 aromatic rings. The van der Waals surface area contributed by atoms with Crippen LogP contribution >= 0.6 is 0 Å². The van der Waals surface area contributed by atoms with Crippen LogP contribution in [0.15, 0.2) is 24.3 Å². The van der Waals surface area contributed by atoms with E-state index in [9.17, 15) is 9.90 Å². The van der Waals surface area contributed by atoms with E-state index in [-0.39, 0.29) is 11.7 Å². The van der Waals surface area contributed by atoms with Crippen LogP contribution in [0, 0.1) is 0 Å². The molecule has 0 atom stereocenters. The number of carbonyl (C=O) groups excluding carboxylic acids is 1. The molecule has 0 amide bonds. The average Bonchev–Trinajstić information content (AvgIpc) is 2.74. The lowest BCUT2D eigenvalue weighted by atomic mass is 10.0. The fraction of sp³-hybridized carbons (Fsp3) is 0.741. The molecule has 0 aliphatic heterocycles. The van der Waals surface area contributed by atoms with Gasteiger partial charge in [-0.1, -0.05) is 116 Å². The number of hydrogen-bond acceptors (Lipinski definition) is 3. The Morgan fingerprint density at radius 1 is 0.633 bits per heavy atom. The van der Waals surface area contributed by atoms with Gasteiger partial charge in [-0.05, 0) is 30.7 Å². The minimum atomic E-state index is -0.183. The number of unbranched alkanes of at least 4 members (excludes halogenated alkanes) is 17. The Morgan fingerprint density at radius 2 is 1.00 bits per heavy atom. The van der Waals surface area contributed by atoms with Gasteiger partial charge in [0.2, 0.25) is 0 Å². The van der Waals surface area contributed by atoms with E-state index in [1.807, 2.05) is 0 Å². The van der Waals surface area contributed by atoms with Crippen LogP contribution in [0.5, 0.6) is 11.5 Å². The zero-order valence-corrected chi connectivity index (χ0v) is 19.5. The van der Waals surface area contributed by atoms with Gasteiger partial charge in [0.15, 0.2) is 0 Å². The molecule has 0 fully saturated rings. The number of carbonyl (C=O) groups is 1. The van der Waals surface area contributed by atoms with Gasteiger partial charge in [-0.15, -0.1) is 0 Å². The summed E-state index contributed by atoms with van der Waals surface area (Å²) in [4.78, 5) is 11.8. The zero-order valence-electron chi connectivity index (χ0n) is 19.5. The Balaban J connectivity index is 1.76. The normalized spacial score (nSPS) is 11.0. The number of aromatic hydroxyl groups is 1. The number of hydrogen-bond donors (Lipinski definition) is 1. The van der Waals surface area contributed by atoms with E-state index in [1.165, 1.54) is 115 Å². The average molecular weight is 419 g/mol. The molecule has 0 spiro atoms. The maximum Gasteiger partial charge on any atom is 0.311 e. The number of benzene rings is 1. The second-order valence-corrected chi connectivity index (χ2v) is 8.73. The van der Waals surface area contributed by atoms with Gasteiger partial charge in [0.05, 0.1) is 0 Å². The number of phenols is 1. The third-order valence-corrected chi connectivity index (χ3v) is 5.80. The molecule has 3 heteroatoms. The summed E-state index contributed by atoms with van der Waals surface area (Å²) in [7, 11) is 0. The van der Waals surface area contributed by atoms with E-state index >= 15 is 0 Å². The highest BCUT2D eigenvalue weighted by Crippen LogP contribution is 2.17. The van der Waals surface area contributed by atoms with Crippen molar-refractivity contribution in [2.75, 3.05) is 0 Å². The monoisotopic (exact) mass is 418 g/mol. The Morgan fingerprint density at radius 3 is 1.40 bits per heavy atom. The van der Waals surface area contributed by atoms with Gasteiger partial charge < -0.3 is 9.84 Å². The first-order valence-electron chi connectivity index (χ1n) is 12.7. The third kappa shape index (κ3) is 16.3.